The highest BCUT2D eigenvalue weighted by molar-refractivity contribution is 7.41. The molecule has 0 saturated heterocycles. The van der Waals surface area contributed by atoms with Gasteiger partial charge in [-0.2, -0.15) is 0 Å². The Hall–Kier alpha value is -0.0900. The zero-order valence-electron chi connectivity index (χ0n) is 3.46. The monoisotopic (exact) mass is 97.0 g/mol. The summed E-state index contributed by atoms with van der Waals surface area (Å²) in [4.78, 5) is 0. The van der Waals surface area contributed by atoms with Crippen LogP contribution in [0.1, 0.15) is 0 Å². The van der Waals surface area contributed by atoms with E-state index >= 15 is 0 Å². The SMILES string of the molecule is C1=CC[P]C=C1. The average Bonchev–Trinajstić information content (AvgIpc) is 1.72. The van der Waals surface area contributed by atoms with E-state index in [0.29, 0.717) is 0 Å². The van der Waals surface area contributed by atoms with Crippen molar-refractivity contribution >= 4 is 8.58 Å². The van der Waals surface area contributed by atoms with Gasteiger partial charge in [-0.1, -0.05) is 24.0 Å². The molecule has 0 nitrogen and oxygen atoms in total. The second-order valence-electron chi connectivity index (χ2n) is 1.13. The number of hydrogen-bond acceptors (Lipinski definition) is 0. The molecule has 1 radical (unpaired) electrons. The molecule has 0 saturated carbocycles. The van der Waals surface area contributed by atoms with Crippen molar-refractivity contribution in [2.75, 3.05) is 6.16 Å². The van der Waals surface area contributed by atoms with Crippen molar-refractivity contribution in [2.24, 2.45) is 0 Å². The van der Waals surface area contributed by atoms with Crippen LogP contribution in [0.25, 0.3) is 0 Å². The highest BCUT2D eigenvalue weighted by atomic mass is 31.1. The van der Waals surface area contributed by atoms with Gasteiger partial charge in [0.05, 0.1) is 0 Å². The molecule has 0 unspecified atom stereocenters. The third-order valence-electron chi connectivity index (χ3n) is 0.649. The van der Waals surface area contributed by atoms with Gasteiger partial charge in [-0.05, 0) is 14.7 Å². The predicted octanol–water partition coefficient (Wildman–Crippen LogP) is 2.02. The number of allylic oxidation sites excluding steroid dienone is 3. The van der Waals surface area contributed by atoms with Crippen molar-refractivity contribution in [3.8, 4) is 0 Å². The van der Waals surface area contributed by atoms with Crippen LogP contribution in [0.5, 0.6) is 0 Å². The minimum atomic E-state index is 1.20. The number of hydrogen-bond donors (Lipinski definition) is 0. The van der Waals surface area contributed by atoms with E-state index in [1.807, 2.05) is 0 Å². The molecule has 1 aliphatic rings. The molecule has 0 aliphatic carbocycles. The molecule has 1 heterocycles. The lowest BCUT2D eigenvalue weighted by atomic mass is 10.5. The summed E-state index contributed by atoms with van der Waals surface area (Å²) in [5.74, 6) is 2.15. The zero-order valence-corrected chi connectivity index (χ0v) is 4.36. The normalized spacial score (nSPS) is 22.7. The molecule has 0 spiro atoms. The van der Waals surface area contributed by atoms with Crippen molar-refractivity contribution in [3.05, 3.63) is 24.0 Å². The van der Waals surface area contributed by atoms with Gasteiger partial charge in [-0.3, -0.25) is 0 Å². The lowest BCUT2D eigenvalue weighted by Gasteiger charge is -1.87. The Balaban J connectivity index is 2.46. The van der Waals surface area contributed by atoms with Crippen LogP contribution in [-0.4, -0.2) is 6.16 Å². The highest BCUT2D eigenvalue weighted by Gasteiger charge is 1.78. The van der Waals surface area contributed by atoms with Gasteiger partial charge in [0.15, 0.2) is 0 Å². The predicted molar refractivity (Wildman–Crippen MR) is 30.1 cm³/mol. The molecule has 0 aromatic heterocycles. The smallest absolute Gasteiger partial charge is 0.00652 e. The van der Waals surface area contributed by atoms with Crippen molar-refractivity contribution < 1.29 is 0 Å². The van der Waals surface area contributed by atoms with Crippen molar-refractivity contribution in [1.29, 1.82) is 0 Å². The van der Waals surface area contributed by atoms with Gasteiger partial charge < -0.3 is 0 Å². The Morgan fingerprint density at radius 3 is 2.50 bits per heavy atom. The maximum absolute atomic E-state index is 2.17. The first-order valence-electron chi connectivity index (χ1n) is 1.98. The molecule has 0 N–H and O–H groups in total. The summed E-state index contributed by atoms with van der Waals surface area (Å²) in [5.41, 5.74) is 0. The van der Waals surface area contributed by atoms with Crippen LogP contribution in [0.15, 0.2) is 24.0 Å². The minimum Gasteiger partial charge on any atom is -0.0796 e. The Morgan fingerprint density at radius 1 is 1.33 bits per heavy atom. The topological polar surface area (TPSA) is 0 Å². The summed E-state index contributed by atoms with van der Waals surface area (Å²) in [6, 6.07) is 0. The van der Waals surface area contributed by atoms with E-state index in [0.717, 1.165) is 0 Å². The summed E-state index contributed by atoms with van der Waals surface area (Å²) < 4.78 is 0. The molecular formula is C5H6P. The van der Waals surface area contributed by atoms with E-state index in [1.165, 1.54) is 14.7 Å². The first kappa shape index (κ1) is 4.08. The Bertz CT molecular complexity index is 69.9. The Kier molecular flexibility index (Phi) is 1.46. The maximum atomic E-state index is 2.17. The fourth-order valence-electron chi connectivity index (χ4n) is 0.372. The van der Waals surface area contributed by atoms with Crippen LogP contribution in [-0.2, 0) is 0 Å². The molecule has 1 rings (SSSR count). The zero-order chi connectivity index (χ0) is 4.24. The van der Waals surface area contributed by atoms with Crippen LogP contribution in [0.2, 0.25) is 0 Å². The molecule has 0 fully saturated rings. The molecule has 0 amide bonds. The molecule has 31 valence electrons. The lowest BCUT2D eigenvalue weighted by molar-refractivity contribution is 1.73. The van der Waals surface area contributed by atoms with Gasteiger partial charge >= 0.3 is 0 Å². The minimum absolute atomic E-state index is 1.20. The van der Waals surface area contributed by atoms with Gasteiger partial charge in [0.1, 0.15) is 0 Å². The van der Waals surface area contributed by atoms with Crippen molar-refractivity contribution in [2.45, 2.75) is 0 Å². The van der Waals surface area contributed by atoms with Crippen LogP contribution in [0.4, 0.5) is 0 Å². The molecule has 0 aromatic carbocycles. The molecule has 0 atom stereocenters. The summed E-state index contributed by atoms with van der Waals surface area (Å²) in [7, 11) is 1.43. The second kappa shape index (κ2) is 2.15. The lowest BCUT2D eigenvalue weighted by Crippen LogP contribution is -1.64. The van der Waals surface area contributed by atoms with Crippen molar-refractivity contribution in [1.82, 2.24) is 0 Å². The third kappa shape index (κ3) is 0.948. The van der Waals surface area contributed by atoms with E-state index in [1.54, 1.807) is 0 Å². The standard InChI is InChI=1S/C5H6P/c1-2-4-6-5-3-1/h1-4H,5H2. The van der Waals surface area contributed by atoms with Crippen molar-refractivity contribution in [3.63, 3.8) is 0 Å². The number of rotatable bonds is 0. The average molecular weight is 97.1 g/mol. The summed E-state index contributed by atoms with van der Waals surface area (Å²) in [6.07, 6.45) is 7.53. The van der Waals surface area contributed by atoms with Crippen LogP contribution < -0.4 is 0 Å². The van der Waals surface area contributed by atoms with E-state index in [-0.39, 0.29) is 0 Å². The maximum Gasteiger partial charge on any atom is -0.00652 e. The third-order valence-corrected chi connectivity index (χ3v) is 1.45. The molecular weight excluding hydrogens is 91.0 g/mol. The summed E-state index contributed by atoms with van der Waals surface area (Å²) in [6.45, 7) is 0. The van der Waals surface area contributed by atoms with E-state index in [4.69, 9.17) is 0 Å². The summed E-state index contributed by atoms with van der Waals surface area (Å²) in [5, 5.41) is 0. The van der Waals surface area contributed by atoms with E-state index in [9.17, 15) is 0 Å². The van der Waals surface area contributed by atoms with Crippen LogP contribution in [0, 0.1) is 0 Å². The largest absolute Gasteiger partial charge is 0.0796 e. The molecule has 0 bridgehead atoms. The second-order valence-corrected chi connectivity index (χ2v) is 2.16. The first-order valence-corrected chi connectivity index (χ1v) is 3.13. The van der Waals surface area contributed by atoms with Gasteiger partial charge in [0.2, 0.25) is 0 Å². The van der Waals surface area contributed by atoms with Gasteiger partial charge in [-0.25, -0.2) is 0 Å². The molecule has 1 aliphatic heterocycles. The van der Waals surface area contributed by atoms with E-state index in [2.05, 4.69) is 24.0 Å². The summed E-state index contributed by atoms with van der Waals surface area (Å²) >= 11 is 0. The fourth-order valence-corrected chi connectivity index (χ4v) is 0.958. The molecule has 1 heteroatoms. The van der Waals surface area contributed by atoms with Gasteiger partial charge in [0, 0.05) is 0 Å². The fraction of sp³-hybridized carbons (Fsp3) is 0.200. The highest BCUT2D eigenvalue weighted by Crippen LogP contribution is 2.14. The van der Waals surface area contributed by atoms with Crippen LogP contribution >= 0.6 is 8.58 Å². The Labute approximate surface area is 39.7 Å². The molecule has 6 heavy (non-hydrogen) atoms. The van der Waals surface area contributed by atoms with Crippen LogP contribution in [0.3, 0.4) is 0 Å². The first-order chi connectivity index (χ1) is 3.00. The Morgan fingerprint density at radius 2 is 2.33 bits per heavy atom. The molecule has 0 aromatic rings. The van der Waals surface area contributed by atoms with E-state index < -0.39 is 0 Å². The van der Waals surface area contributed by atoms with Gasteiger partial charge in [-0.15, -0.1) is 0 Å². The van der Waals surface area contributed by atoms with Gasteiger partial charge in [0.25, 0.3) is 0 Å². The quantitative estimate of drug-likeness (QED) is 0.405.